The van der Waals surface area contributed by atoms with E-state index in [9.17, 15) is 0 Å². The Morgan fingerprint density at radius 2 is 1.62 bits per heavy atom. The van der Waals surface area contributed by atoms with Crippen molar-refractivity contribution in [2.45, 2.75) is 58.3 Å². The Bertz CT molecular complexity index is 108. The molecule has 1 fully saturated rings. The third kappa shape index (κ3) is 3.68. The van der Waals surface area contributed by atoms with Gasteiger partial charge in [0.05, 0.1) is 0 Å². The largest absolute Gasteiger partial charge is 0.330 e. The quantitative estimate of drug-likeness (QED) is 0.665. The second kappa shape index (κ2) is 6.42. The van der Waals surface area contributed by atoms with Crippen LogP contribution in [-0.2, 0) is 0 Å². The summed E-state index contributed by atoms with van der Waals surface area (Å²) in [6.45, 7) is 3.20. The van der Waals surface area contributed by atoms with Crippen molar-refractivity contribution in [2.24, 2.45) is 17.6 Å². The van der Waals surface area contributed by atoms with Crippen LogP contribution in [0.1, 0.15) is 58.3 Å². The van der Waals surface area contributed by atoms with Crippen molar-refractivity contribution in [2.75, 3.05) is 6.54 Å². The fourth-order valence-corrected chi connectivity index (χ4v) is 2.81. The van der Waals surface area contributed by atoms with Crippen LogP contribution < -0.4 is 5.73 Å². The minimum absolute atomic E-state index is 0.894. The molecule has 0 radical (unpaired) electrons. The molecule has 1 aliphatic rings. The summed E-state index contributed by atoms with van der Waals surface area (Å²) in [6.07, 6.45) is 11.3. The molecule has 2 N–H and O–H groups in total. The lowest BCUT2D eigenvalue weighted by molar-refractivity contribution is 0.279. The van der Waals surface area contributed by atoms with Crippen molar-refractivity contribution in [1.82, 2.24) is 0 Å². The highest BCUT2D eigenvalue weighted by Crippen LogP contribution is 2.33. The maximum atomic E-state index is 5.67. The predicted molar refractivity (Wildman–Crippen MR) is 58.6 cm³/mol. The van der Waals surface area contributed by atoms with Gasteiger partial charge in [0.15, 0.2) is 0 Å². The van der Waals surface area contributed by atoms with Gasteiger partial charge in [-0.25, -0.2) is 0 Å². The first-order valence-electron chi connectivity index (χ1n) is 6.08. The Balaban J connectivity index is 2.40. The van der Waals surface area contributed by atoms with Gasteiger partial charge in [0, 0.05) is 0 Å². The van der Waals surface area contributed by atoms with Crippen LogP contribution in [0, 0.1) is 11.8 Å². The lowest BCUT2D eigenvalue weighted by Crippen LogP contribution is -2.17. The Labute approximate surface area is 83.1 Å². The topological polar surface area (TPSA) is 26.0 Å². The Morgan fingerprint density at radius 1 is 1.00 bits per heavy atom. The van der Waals surface area contributed by atoms with E-state index in [1.165, 1.54) is 51.4 Å². The first kappa shape index (κ1) is 11.0. The van der Waals surface area contributed by atoms with Gasteiger partial charge in [-0.3, -0.25) is 0 Å². The molecule has 1 rings (SSSR count). The summed E-state index contributed by atoms with van der Waals surface area (Å²) in [4.78, 5) is 0. The minimum Gasteiger partial charge on any atom is -0.330 e. The second-order valence-electron chi connectivity index (χ2n) is 4.52. The van der Waals surface area contributed by atoms with Crippen LogP contribution in [0.5, 0.6) is 0 Å². The van der Waals surface area contributed by atoms with E-state index in [0.29, 0.717) is 0 Å². The van der Waals surface area contributed by atoms with Crippen molar-refractivity contribution < 1.29 is 0 Å². The fraction of sp³-hybridized carbons (Fsp3) is 1.00. The molecule has 0 heterocycles. The highest BCUT2D eigenvalue weighted by atomic mass is 14.5. The van der Waals surface area contributed by atoms with Gasteiger partial charge >= 0.3 is 0 Å². The standard InChI is InChI=1S/C12H25N/c1-2-6-11-7-4-3-5-8-12(11)9-10-13/h11-12H,2-10,13H2,1H3. The molecule has 78 valence electrons. The van der Waals surface area contributed by atoms with Crippen molar-refractivity contribution in [3.63, 3.8) is 0 Å². The van der Waals surface area contributed by atoms with E-state index < -0.39 is 0 Å². The lowest BCUT2D eigenvalue weighted by Gasteiger charge is -2.24. The second-order valence-corrected chi connectivity index (χ2v) is 4.52. The summed E-state index contributed by atoms with van der Waals surface area (Å²) in [5.74, 6) is 1.95. The third-order valence-electron chi connectivity index (χ3n) is 3.51. The van der Waals surface area contributed by atoms with Crippen LogP contribution in [0.4, 0.5) is 0 Å². The first-order chi connectivity index (χ1) is 6.38. The first-order valence-corrected chi connectivity index (χ1v) is 6.08. The van der Waals surface area contributed by atoms with E-state index >= 15 is 0 Å². The molecule has 0 aliphatic heterocycles. The predicted octanol–water partition coefficient (Wildman–Crippen LogP) is 3.33. The van der Waals surface area contributed by atoms with Crippen molar-refractivity contribution in [3.05, 3.63) is 0 Å². The van der Waals surface area contributed by atoms with Crippen molar-refractivity contribution in [1.29, 1.82) is 0 Å². The van der Waals surface area contributed by atoms with Gasteiger partial charge in [-0.05, 0) is 24.8 Å². The van der Waals surface area contributed by atoms with E-state index in [1.54, 1.807) is 0 Å². The van der Waals surface area contributed by atoms with Crippen LogP contribution in [0.3, 0.4) is 0 Å². The molecule has 2 unspecified atom stereocenters. The number of rotatable bonds is 4. The molecular formula is C12H25N. The number of hydrogen-bond acceptors (Lipinski definition) is 1. The maximum Gasteiger partial charge on any atom is -0.00745 e. The summed E-state index contributed by atoms with van der Waals surface area (Å²) in [5.41, 5.74) is 5.67. The zero-order valence-electron chi connectivity index (χ0n) is 9.10. The van der Waals surface area contributed by atoms with Crippen LogP contribution in [0.2, 0.25) is 0 Å². The van der Waals surface area contributed by atoms with E-state index in [2.05, 4.69) is 6.92 Å². The van der Waals surface area contributed by atoms with Gasteiger partial charge in [0.1, 0.15) is 0 Å². The summed E-state index contributed by atoms with van der Waals surface area (Å²) < 4.78 is 0. The van der Waals surface area contributed by atoms with Crippen LogP contribution >= 0.6 is 0 Å². The molecule has 1 heteroatoms. The molecule has 13 heavy (non-hydrogen) atoms. The van der Waals surface area contributed by atoms with Gasteiger partial charge in [0.25, 0.3) is 0 Å². The van der Waals surface area contributed by atoms with Crippen LogP contribution in [0.25, 0.3) is 0 Å². The Kier molecular flexibility index (Phi) is 5.45. The lowest BCUT2D eigenvalue weighted by atomic mass is 9.82. The molecule has 0 aromatic carbocycles. The highest BCUT2D eigenvalue weighted by molar-refractivity contribution is 4.74. The van der Waals surface area contributed by atoms with Crippen molar-refractivity contribution in [3.8, 4) is 0 Å². The van der Waals surface area contributed by atoms with Gasteiger partial charge in [-0.15, -0.1) is 0 Å². The Morgan fingerprint density at radius 3 is 2.15 bits per heavy atom. The molecule has 0 bridgehead atoms. The van der Waals surface area contributed by atoms with Crippen LogP contribution in [0.15, 0.2) is 0 Å². The summed E-state index contributed by atoms with van der Waals surface area (Å²) in [7, 11) is 0. The number of hydrogen-bond donors (Lipinski definition) is 1. The molecule has 0 aromatic heterocycles. The maximum absolute atomic E-state index is 5.67. The van der Waals surface area contributed by atoms with E-state index in [0.717, 1.165) is 18.4 Å². The molecule has 1 saturated carbocycles. The zero-order valence-corrected chi connectivity index (χ0v) is 9.10. The zero-order chi connectivity index (χ0) is 9.52. The van der Waals surface area contributed by atoms with Crippen LogP contribution in [-0.4, -0.2) is 6.54 Å². The summed E-state index contributed by atoms with van der Waals surface area (Å²) in [5, 5.41) is 0. The molecule has 0 saturated heterocycles. The smallest absolute Gasteiger partial charge is 0.00745 e. The van der Waals surface area contributed by atoms with E-state index in [-0.39, 0.29) is 0 Å². The monoisotopic (exact) mass is 183 g/mol. The molecule has 0 spiro atoms. The minimum atomic E-state index is 0.894. The normalized spacial score (nSPS) is 30.0. The molecule has 2 atom stereocenters. The fourth-order valence-electron chi connectivity index (χ4n) is 2.81. The molecule has 1 nitrogen and oxygen atoms in total. The number of nitrogens with two attached hydrogens (primary N) is 1. The van der Waals surface area contributed by atoms with E-state index in [4.69, 9.17) is 5.73 Å². The SMILES string of the molecule is CCCC1CCCCCC1CCN. The van der Waals surface area contributed by atoms with Gasteiger partial charge < -0.3 is 5.73 Å². The Hall–Kier alpha value is -0.0400. The molecular weight excluding hydrogens is 158 g/mol. The summed E-state index contributed by atoms with van der Waals surface area (Å²) >= 11 is 0. The van der Waals surface area contributed by atoms with Gasteiger partial charge in [0.2, 0.25) is 0 Å². The average Bonchev–Trinajstić information content (AvgIpc) is 2.33. The van der Waals surface area contributed by atoms with E-state index in [1.807, 2.05) is 0 Å². The van der Waals surface area contributed by atoms with Crippen molar-refractivity contribution >= 4 is 0 Å². The summed E-state index contributed by atoms with van der Waals surface area (Å²) in [6, 6.07) is 0. The highest BCUT2D eigenvalue weighted by Gasteiger charge is 2.21. The average molecular weight is 183 g/mol. The van der Waals surface area contributed by atoms with Gasteiger partial charge in [-0.1, -0.05) is 51.9 Å². The molecule has 1 aliphatic carbocycles. The third-order valence-corrected chi connectivity index (χ3v) is 3.51. The van der Waals surface area contributed by atoms with Gasteiger partial charge in [-0.2, -0.15) is 0 Å². The molecule has 0 aromatic rings. The molecule has 0 amide bonds.